The lowest BCUT2D eigenvalue weighted by molar-refractivity contribution is -0.160. The normalized spacial score (nSPS) is 26.5. The molecule has 364 valence electrons. The smallest absolute Gasteiger partial charge is 0.465 e. The van der Waals surface area contributed by atoms with E-state index in [-0.39, 0.29) is 101 Å². The summed E-state index contributed by atoms with van der Waals surface area (Å²) in [6, 6.07) is 17.1. The van der Waals surface area contributed by atoms with E-state index in [0.29, 0.717) is 48.8 Å². The Morgan fingerprint density at radius 3 is 1.69 bits per heavy atom. The van der Waals surface area contributed by atoms with Gasteiger partial charge in [-0.2, -0.15) is 17.2 Å². The van der Waals surface area contributed by atoms with Crippen LogP contribution in [0.3, 0.4) is 0 Å². The fraction of sp³-hybridized carbons (Fsp3) is 0.532. The number of amides is 4. The lowest BCUT2D eigenvalue weighted by Crippen LogP contribution is -2.63. The van der Waals surface area contributed by atoms with E-state index >= 15 is 0 Å². The van der Waals surface area contributed by atoms with Gasteiger partial charge in [-0.15, -0.1) is 11.8 Å². The Bertz CT molecular complexity index is 2230. The molecule has 3 N–H and O–H groups in total. The summed E-state index contributed by atoms with van der Waals surface area (Å²) < 4.78 is 41.9. The number of hydrogen-bond acceptors (Lipinski definition) is 15. The zero-order valence-electron chi connectivity index (χ0n) is 38.7. The second-order valence-electron chi connectivity index (χ2n) is 17.6. The number of esters is 2. The van der Waals surface area contributed by atoms with Crippen LogP contribution >= 0.6 is 32.2 Å². The van der Waals surface area contributed by atoms with Crippen LogP contribution in [0.4, 0.5) is 0 Å². The molecule has 4 saturated heterocycles. The molecule has 2 aromatic rings. The van der Waals surface area contributed by atoms with E-state index in [4.69, 9.17) is 23.0 Å². The van der Waals surface area contributed by atoms with Crippen LogP contribution in [0.2, 0.25) is 0 Å². The van der Waals surface area contributed by atoms with Crippen LogP contribution in [-0.4, -0.2) is 105 Å². The summed E-state index contributed by atoms with van der Waals surface area (Å²) in [5, 5.41) is 15.8. The number of phosphoric acid groups is 1. The number of fused-ring (bicyclic) bond motifs is 2. The van der Waals surface area contributed by atoms with Crippen LogP contribution in [0, 0.1) is 29.6 Å². The van der Waals surface area contributed by atoms with Crippen LogP contribution in [0.1, 0.15) is 74.1 Å². The fourth-order valence-corrected chi connectivity index (χ4v) is 12.3. The summed E-state index contributed by atoms with van der Waals surface area (Å²) in [5.74, 6) is -0.275. The van der Waals surface area contributed by atoms with E-state index in [1.807, 2.05) is 32.9 Å². The lowest BCUT2D eigenvalue weighted by atomic mass is 9.75. The summed E-state index contributed by atoms with van der Waals surface area (Å²) >= 11 is 5.71. The molecule has 0 saturated carbocycles. The summed E-state index contributed by atoms with van der Waals surface area (Å²) in [5.41, 5.74) is 1.42. The van der Waals surface area contributed by atoms with Crippen molar-refractivity contribution in [1.82, 2.24) is 20.4 Å². The fourth-order valence-electron chi connectivity index (χ4n) is 9.21. The number of benzene rings is 2. The number of carbonyl (C=O) groups excluding carboxylic acids is 6. The predicted molar refractivity (Wildman–Crippen MR) is 252 cm³/mol. The quantitative estimate of drug-likeness (QED) is 0.0657. The number of thiol groups is 1. The Balaban J connectivity index is 0.000000200. The highest BCUT2D eigenvalue weighted by atomic mass is 32.2. The summed E-state index contributed by atoms with van der Waals surface area (Å²) in [7, 11) is -4.23. The summed E-state index contributed by atoms with van der Waals surface area (Å²) in [6.07, 6.45) is 1.07. The zero-order valence-corrected chi connectivity index (χ0v) is 41.4. The van der Waals surface area contributed by atoms with Gasteiger partial charge in [0.05, 0.1) is 48.9 Å². The lowest BCUT2D eigenvalue weighted by Gasteiger charge is -2.47. The van der Waals surface area contributed by atoms with Gasteiger partial charge in [-0.25, -0.2) is 0 Å². The molecule has 67 heavy (non-hydrogen) atoms. The number of nitrogens with zero attached hydrogens (tertiary/aromatic N) is 2. The Labute approximate surface area is 401 Å². The molecular weight excluding hydrogens is 924 g/mol. The van der Waals surface area contributed by atoms with Gasteiger partial charge in [-0.3, -0.25) is 28.8 Å². The number of phosphoric ester groups is 1. The van der Waals surface area contributed by atoms with Crippen molar-refractivity contribution in [3.8, 4) is 11.5 Å². The van der Waals surface area contributed by atoms with E-state index < -0.39 is 19.9 Å². The number of aliphatic hydroxyl groups excluding tert-OH is 1. The van der Waals surface area contributed by atoms with E-state index in [0.717, 1.165) is 17.1 Å². The van der Waals surface area contributed by atoms with Gasteiger partial charge in [-0.1, -0.05) is 64.1 Å². The molecule has 4 amide bonds. The first-order valence-corrected chi connectivity index (χ1v) is 25.4. The number of β-lactam (4-membered cyclic amide) rings is 2. The van der Waals surface area contributed by atoms with Crippen molar-refractivity contribution in [2.24, 2.45) is 29.6 Å². The monoisotopic (exact) mass is 984 g/mol. The summed E-state index contributed by atoms with van der Waals surface area (Å²) in [4.78, 5) is 74.2. The molecular formula is C47H61N4O13PS2. The van der Waals surface area contributed by atoms with Crippen LogP contribution in [0.25, 0.3) is 0 Å². The van der Waals surface area contributed by atoms with Crippen molar-refractivity contribution in [3.05, 3.63) is 82.7 Å². The molecule has 0 aliphatic carbocycles. The van der Waals surface area contributed by atoms with Gasteiger partial charge in [0, 0.05) is 85.6 Å². The molecule has 20 heteroatoms. The second kappa shape index (κ2) is 22.4. The van der Waals surface area contributed by atoms with E-state index in [9.17, 15) is 38.4 Å². The van der Waals surface area contributed by atoms with Gasteiger partial charge in [0.1, 0.15) is 17.3 Å². The SMILES string of the molecule is CC(=O)OCCC1=C(OP(=O)(Oc2ccccc2)Oc2ccccc2)[C@H](C)[C@@H]2[C@@H](C(C)C)C(=O)N12.CC(=O)OCCC1=C(SC2CNC(=O)C2)[C@H](C)[C@@H]2[C@@H]([C@@H](C)O)C(=O)N12.O=C1C[C@@H](S)CN1. The van der Waals surface area contributed by atoms with Crippen LogP contribution in [0.5, 0.6) is 11.5 Å². The molecule has 8 rings (SSSR count). The Morgan fingerprint density at radius 2 is 1.24 bits per heavy atom. The minimum Gasteiger partial charge on any atom is -0.465 e. The second-order valence-corrected chi connectivity index (χ2v) is 21.1. The molecule has 6 aliphatic rings. The average molecular weight is 985 g/mol. The number of para-hydroxylation sites is 2. The predicted octanol–water partition coefficient (Wildman–Crippen LogP) is 6.00. The highest BCUT2D eigenvalue weighted by molar-refractivity contribution is 8.03. The zero-order chi connectivity index (χ0) is 48.7. The van der Waals surface area contributed by atoms with Crippen molar-refractivity contribution in [1.29, 1.82) is 0 Å². The van der Waals surface area contributed by atoms with Crippen molar-refractivity contribution in [2.75, 3.05) is 26.3 Å². The number of carbonyl (C=O) groups is 6. The molecule has 2 aromatic carbocycles. The van der Waals surface area contributed by atoms with E-state index in [2.05, 4.69) is 30.2 Å². The minimum absolute atomic E-state index is 0.0175. The Morgan fingerprint density at radius 1 is 0.746 bits per heavy atom. The van der Waals surface area contributed by atoms with E-state index in [1.165, 1.54) is 13.8 Å². The third kappa shape index (κ3) is 12.2. The molecule has 9 atom stereocenters. The van der Waals surface area contributed by atoms with Gasteiger partial charge in [0.2, 0.25) is 23.6 Å². The molecule has 4 fully saturated rings. The van der Waals surface area contributed by atoms with Gasteiger partial charge >= 0.3 is 19.8 Å². The Hall–Kier alpha value is -4.97. The first-order valence-electron chi connectivity index (χ1n) is 22.5. The third-order valence-corrected chi connectivity index (χ3v) is 15.4. The van der Waals surface area contributed by atoms with E-state index in [1.54, 1.807) is 77.0 Å². The van der Waals surface area contributed by atoms with Gasteiger partial charge in [-0.05, 0) is 37.1 Å². The van der Waals surface area contributed by atoms with Crippen molar-refractivity contribution < 1.29 is 61.5 Å². The standard InChI is InChI=1S/C26H30NO7P.C17H24N2O5S.C4H7NOS/c1-17(2)23-24-18(3)25(22(27(24)26(23)29)15-16-31-19(4)28)34-35(30,32-20-11-7-5-8-12-20)33-21-13-9-6-10-14-21;1-8-15-14(9(2)20)17(23)19(15)12(4-5-24-10(3)21)16(8)25-11-6-13(22)18-7-11;6-4-1-3(7)2-5-4/h5-14,17-18,23-24H,15-16H2,1-4H3;8-9,11,14-15,20H,4-7H2,1-3H3,(H,18,22);3,7H,1-2H2,(H,5,6)/t18-,23-,24-;8-,9-,11?,14-,15-;3-/m111/s1. The number of nitrogens with one attached hydrogen (secondary N) is 2. The van der Waals surface area contributed by atoms with Gasteiger partial charge in [0.25, 0.3) is 0 Å². The largest absolute Gasteiger partial charge is 0.646 e. The first-order chi connectivity index (χ1) is 31.8. The number of hydrogen-bond donors (Lipinski definition) is 4. The first kappa shape index (κ1) is 51.4. The number of aliphatic hydroxyl groups is 1. The average Bonchev–Trinajstić information content (AvgIpc) is 3.97. The van der Waals surface area contributed by atoms with Crippen LogP contribution in [0.15, 0.2) is 82.7 Å². The highest BCUT2D eigenvalue weighted by Crippen LogP contribution is 2.58. The molecule has 1 unspecified atom stereocenters. The molecule has 0 aromatic heterocycles. The minimum atomic E-state index is -4.23. The maximum atomic E-state index is 14.0. The molecule has 6 heterocycles. The molecule has 0 bridgehead atoms. The maximum absolute atomic E-state index is 14.0. The molecule has 17 nitrogen and oxygen atoms in total. The molecule has 0 radical (unpaired) electrons. The highest BCUT2D eigenvalue weighted by Gasteiger charge is 2.60. The third-order valence-electron chi connectivity index (χ3n) is 12.2. The summed E-state index contributed by atoms with van der Waals surface area (Å²) in [6.45, 7) is 14.0. The number of rotatable bonds is 16. The number of ether oxygens (including phenoxy) is 2. The van der Waals surface area contributed by atoms with Gasteiger partial charge in [0.15, 0.2) is 0 Å². The number of thioether (sulfide) groups is 1. The van der Waals surface area contributed by atoms with Crippen LogP contribution in [-0.2, 0) is 47.3 Å². The van der Waals surface area contributed by atoms with Gasteiger partial charge < -0.3 is 48.6 Å². The Kier molecular flexibility index (Phi) is 17.2. The molecule has 6 aliphatic heterocycles. The van der Waals surface area contributed by atoms with Crippen molar-refractivity contribution >= 4 is 67.8 Å². The topological polar surface area (TPSA) is 216 Å². The molecule has 0 spiro atoms. The van der Waals surface area contributed by atoms with Crippen molar-refractivity contribution in [2.45, 2.75) is 103 Å². The maximum Gasteiger partial charge on any atom is 0.646 e. The van der Waals surface area contributed by atoms with Crippen LogP contribution < -0.4 is 19.7 Å². The van der Waals surface area contributed by atoms with Crippen molar-refractivity contribution in [3.63, 3.8) is 0 Å².